The molecule has 1 fully saturated rings. The molecule has 2 nitrogen and oxygen atoms in total. The highest BCUT2D eigenvalue weighted by Crippen LogP contribution is 2.39. The second-order valence-corrected chi connectivity index (χ2v) is 4.92. The van der Waals surface area contributed by atoms with Gasteiger partial charge in [-0.3, -0.25) is 4.79 Å². The van der Waals surface area contributed by atoms with Gasteiger partial charge in [0.2, 0.25) is 0 Å². The molecule has 0 amide bonds. The van der Waals surface area contributed by atoms with Gasteiger partial charge < -0.3 is 0 Å². The smallest absolute Gasteiger partial charge is 0.145 e. The zero-order valence-electron chi connectivity index (χ0n) is 9.66. The van der Waals surface area contributed by atoms with E-state index in [-0.39, 0.29) is 11.7 Å². The Bertz CT molecular complexity index is 464. The minimum absolute atomic E-state index is 0.224. The van der Waals surface area contributed by atoms with E-state index in [1.54, 1.807) is 6.07 Å². The number of Topliss-reactive ketones (excluding diaryl/α,β-unsaturated/α-hetero) is 1. The lowest BCUT2D eigenvalue weighted by molar-refractivity contribution is -0.124. The van der Waals surface area contributed by atoms with Crippen molar-refractivity contribution in [2.24, 2.45) is 5.92 Å². The van der Waals surface area contributed by atoms with Gasteiger partial charge in [0.1, 0.15) is 5.78 Å². The molecule has 82 valence electrons. The van der Waals surface area contributed by atoms with E-state index in [1.807, 2.05) is 32.0 Å². The van der Waals surface area contributed by atoms with Crippen LogP contribution in [0.25, 0.3) is 0 Å². The molecular formula is C14H15NO. The molecule has 0 aliphatic heterocycles. The Kier molecular flexibility index (Phi) is 2.55. The number of nitriles is 1. The maximum absolute atomic E-state index is 12.2. The molecule has 1 saturated carbocycles. The van der Waals surface area contributed by atoms with Crippen LogP contribution in [0.2, 0.25) is 0 Å². The quantitative estimate of drug-likeness (QED) is 0.774. The van der Waals surface area contributed by atoms with Crippen molar-refractivity contribution >= 4 is 5.78 Å². The van der Waals surface area contributed by atoms with Crippen LogP contribution in [0.15, 0.2) is 24.3 Å². The summed E-state index contributed by atoms with van der Waals surface area (Å²) in [5, 5.41) is 9.06. The van der Waals surface area contributed by atoms with E-state index in [0.29, 0.717) is 5.56 Å². The van der Waals surface area contributed by atoms with Crippen LogP contribution in [-0.4, -0.2) is 5.78 Å². The number of carbonyl (C=O) groups is 1. The molecule has 0 N–H and O–H groups in total. The molecule has 1 aliphatic carbocycles. The third-order valence-corrected chi connectivity index (χ3v) is 3.29. The van der Waals surface area contributed by atoms with E-state index in [4.69, 9.17) is 5.26 Å². The summed E-state index contributed by atoms with van der Waals surface area (Å²) < 4.78 is 0. The molecule has 16 heavy (non-hydrogen) atoms. The van der Waals surface area contributed by atoms with Gasteiger partial charge >= 0.3 is 0 Å². The van der Waals surface area contributed by atoms with Crippen molar-refractivity contribution in [2.45, 2.75) is 32.1 Å². The summed E-state index contributed by atoms with van der Waals surface area (Å²) in [4.78, 5) is 12.2. The summed E-state index contributed by atoms with van der Waals surface area (Å²) in [6.07, 6.45) is 2.02. The van der Waals surface area contributed by atoms with Crippen LogP contribution in [0.4, 0.5) is 0 Å². The van der Waals surface area contributed by atoms with Crippen LogP contribution in [0, 0.1) is 17.2 Å². The highest BCUT2D eigenvalue weighted by molar-refractivity contribution is 5.93. The van der Waals surface area contributed by atoms with Gasteiger partial charge in [0.05, 0.1) is 11.6 Å². The standard InChI is InChI=1S/C14H15NO/c1-14(2,13(16)10-7-8-10)12-6-4-3-5-11(12)9-15/h3-6,10H,7-8H2,1-2H3. The van der Waals surface area contributed by atoms with Crippen molar-refractivity contribution in [1.29, 1.82) is 5.26 Å². The van der Waals surface area contributed by atoms with Crippen molar-refractivity contribution in [1.82, 2.24) is 0 Å². The molecule has 0 aromatic heterocycles. The molecule has 2 heteroatoms. The highest BCUT2D eigenvalue weighted by atomic mass is 16.1. The average Bonchev–Trinajstić information content (AvgIpc) is 3.11. The average molecular weight is 213 g/mol. The fourth-order valence-corrected chi connectivity index (χ4v) is 2.11. The topological polar surface area (TPSA) is 40.9 Å². The molecule has 1 aromatic carbocycles. The predicted molar refractivity (Wildman–Crippen MR) is 61.9 cm³/mol. The fraction of sp³-hybridized carbons (Fsp3) is 0.429. The predicted octanol–water partition coefficient (Wildman–Crippen LogP) is 2.81. The Morgan fingerprint density at radius 3 is 2.56 bits per heavy atom. The van der Waals surface area contributed by atoms with Gasteiger partial charge in [-0.05, 0) is 38.3 Å². The van der Waals surface area contributed by atoms with Crippen LogP contribution >= 0.6 is 0 Å². The fourth-order valence-electron chi connectivity index (χ4n) is 2.11. The van der Waals surface area contributed by atoms with Crippen LogP contribution < -0.4 is 0 Å². The Balaban J connectivity index is 2.42. The third kappa shape index (κ3) is 1.74. The van der Waals surface area contributed by atoms with Gasteiger partial charge in [-0.15, -0.1) is 0 Å². The van der Waals surface area contributed by atoms with Crippen LogP contribution in [-0.2, 0) is 10.2 Å². The van der Waals surface area contributed by atoms with Gasteiger partial charge in [0.15, 0.2) is 0 Å². The molecule has 2 rings (SSSR count). The summed E-state index contributed by atoms with van der Waals surface area (Å²) in [5.74, 6) is 0.497. The van der Waals surface area contributed by atoms with Crippen molar-refractivity contribution in [2.75, 3.05) is 0 Å². The molecule has 1 aromatic rings. The molecule has 0 atom stereocenters. The molecule has 0 saturated heterocycles. The number of carbonyl (C=O) groups excluding carboxylic acids is 1. The maximum atomic E-state index is 12.2. The first-order valence-corrected chi connectivity index (χ1v) is 5.61. The minimum atomic E-state index is -0.534. The molecule has 1 aliphatic rings. The minimum Gasteiger partial charge on any atom is -0.298 e. The van der Waals surface area contributed by atoms with E-state index < -0.39 is 5.41 Å². The number of benzene rings is 1. The van der Waals surface area contributed by atoms with E-state index in [0.717, 1.165) is 18.4 Å². The van der Waals surface area contributed by atoms with E-state index in [9.17, 15) is 4.79 Å². The lowest BCUT2D eigenvalue weighted by Crippen LogP contribution is -2.31. The molecule has 0 bridgehead atoms. The summed E-state index contributed by atoms with van der Waals surface area (Å²) in [5.41, 5.74) is 0.934. The van der Waals surface area contributed by atoms with E-state index >= 15 is 0 Å². The number of hydrogen-bond donors (Lipinski definition) is 0. The normalized spacial score (nSPS) is 15.6. The first-order chi connectivity index (χ1) is 7.57. The Morgan fingerprint density at radius 1 is 1.38 bits per heavy atom. The van der Waals surface area contributed by atoms with E-state index in [2.05, 4.69) is 6.07 Å². The van der Waals surface area contributed by atoms with Crippen LogP contribution in [0.5, 0.6) is 0 Å². The Morgan fingerprint density at radius 2 is 2.00 bits per heavy atom. The second-order valence-electron chi connectivity index (χ2n) is 4.92. The van der Waals surface area contributed by atoms with Crippen molar-refractivity contribution in [3.63, 3.8) is 0 Å². The second kappa shape index (κ2) is 3.75. The molecular weight excluding hydrogens is 198 g/mol. The van der Waals surface area contributed by atoms with Crippen molar-refractivity contribution in [3.05, 3.63) is 35.4 Å². The Labute approximate surface area is 95.9 Å². The number of rotatable bonds is 3. The zero-order chi connectivity index (χ0) is 11.8. The van der Waals surface area contributed by atoms with E-state index in [1.165, 1.54) is 0 Å². The van der Waals surface area contributed by atoms with Gasteiger partial charge in [-0.25, -0.2) is 0 Å². The zero-order valence-corrected chi connectivity index (χ0v) is 9.66. The SMILES string of the molecule is CC(C)(C(=O)C1CC1)c1ccccc1C#N. The third-order valence-electron chi connectivity index (χ3n) is 3.29. The molecule has 0 radical (unpaired) electrons. The first kappa shape index (κ1) is 10.9. The lowest BCUT2D eigenvalue weighted by atomic mass is 9.77. The molecule has 0 unspecified atom stereocenters. The van der Waals surface area contributed by atoms with Crippen molar-refractivity contribution < 1.29 is 4.79 Å². The van der Waals surface area contributed by atoms with Crippen LogP contribution in [0.3, 0.4) is 0 Å². The van der Waals surface area contributed by atoms with Gasteiger partial charge in [-0.2, -0.15) is 5.26 Å². The highest BCUT2D eigenvalue weighted by Gasteiger charge is 2.41. The summed E-state index contributed by atoms with van der Waals surface area (Å²) in [6, 6.07) is 9.55. The first-order valence-electron chi connectivity index (χ1n) is 5.61. The van der Waals surface area contributed by atoms with Gasteiger partial charge in [0.25, 0.3) is 0 Å². The molecule has 0 spiro atoms. The Hall–Kier alpha value is -1.62. The number of ketones is 1. The van der Waals surface area contributed by atoms with Crippen molar-refractivity contribution in [3.8, 4) is 6.07 Å². The largest absolute Gasteiger partial charge is 0.298 e. The number of nitrogens with zero attached hydrogens (tertiary/aromatic N) is 1. The van der Waals surface area contributed by atoms with Gasteiger partial charge in [-0.1, -0.05) is 18.2 Å². The summed E-state index contributed by atoms with van der Waals surface area (Å²) in [6.45, 7) is 3.84. The summed E-state index contributed by atoms with van der Waals surface area (Å²) >= 11 is 0. The van der Waals surface area contributed by atoms with Gasteiger partial charge in [0, 0.05) is 11.3 Å². The monoisotopic (exact) mass is 213 g/mol. The maximum Gasteiger partial charge on any atom is 0.145 e. The molecule has 0 heterocycles. The number of hydrogen-bond acceptors (Lipinski definition) is 2. The summed E-state index contributed by atoms with van der Waals surface area (Å²) in [7, 11) is 0. The lowest BCUT2D eigenvalue weighted by Gasteiger charge is -2.24. The van der Waals surface area contributed by atoms with Crippen LogP contribution in [0.1, 0.15) is 37.8 Å².